The number of amides is 2. The number of rotatable bonds is 16. The molecule has 5 aromatic carbocycles. The molecule has 7 rings (SSSR count). The van der Waals surface area contributed by atoms with Crippen molar-refractivity contribution in [3.63, 3.8) is 0 Å². The number of fused-ring (bicyclic) bond motifs is 2. The smallest absolute Gasteiger partial charge is 0.262 e. The third-order valence-electron chi connectivity index (χ3n) is 10.1. The van der Waals surface area contributed by atoms with E-state index < -0.39 is 17.7 Å². The molecule has 2 aliphatic heterocycles. The standard InChI is InChI=1S/C45H47N3O9/c1-45(2,22-29-14-16-32(53-3)17-15-29)48(23-39(49)35-18-33(54-25-30-10-6-4-7-11-30)20-37-43(35)56-27-41(51)46-37)24-40(50)36-19-34(55-26-31-12-8-5-9-13-31)21-38-44(36)57-28-42(52)47-38/h4-21,39-40,49-50H,22-28H2,1-3H3,(H,46,51)(H,47,52)/t39-,40-/m0/s1. The molecule has 12 nitrogen and oxygen atoms in total. The average molecular weight is 774 g/mol. The van der Waals surface area contributed by atoms with Gasteiger partial charge in [0.1, 0.15) is 42.0 Å². The molecule has 0 fully saturated rings. The fraction of sp³-hybridized carbons (Fsp3) is 0.289. The fourth-order valence-electron chi connectivity index (χ4n) is 7.08. The third-order valence-corrected chi connectivity index (χ3v) is 10.1. The van der Waals surface area contributed by atoms with Crippen molar-refractivity contribution in [2.24, 2.45) is 0 Å². The SMILES string of the molecule is COc1ccc(CC(C)(C)N(C[C@H](O)c2cc(OCc3ccccc3)cc3c2OCC(=O)N3)C[C@H](O)c2cc(OCc3ccccc3)cc3c2OCC(=O)N3)cc1. The summed E-state index contributed by atoms with van der Waals surface area (Å²) in [6.45, 7) is 4.35. The second-order valence-corrected chi connectivity index (χ2v) is 14.8. The molecule has 296 valence electrons. The van der Waals surface area contributed by atoms with Gasteiger partial charge in [-0.25, -0.2) is 0 Å². The summed E-state index contributed by atoms with van der Waals surface area (Å²) in [5.41, 5.74) is 3.93. The predicted octanol–water partition coefficient (Wildman–Crippen LogP) is 6.61. The van der Waals surface area contributed by atoms with E-state index in [1.807, 2.05) is 104 Å². The summed E-state index contributed by atoms with van der Waals surface area (Å²) in [4.78, 5) is 26.8. The zero-order chi connectivity index (χ0) is 39.9. The monoisotopic (exact) mass is 773 g/mol. The molecular weight excluding hydrogens is 727 g/mol. The van der Waals surface area contributed by atoms with Crippen molar-refractivity contribution in [3.8, 4) is 28.7 Å². The van der Waals surface area contributed by atoms with Crippen LogP contribution in [-0.4, -0.2) is 65.9 Å². The molecule has 0 aliphatic carbocycles. The summed E-state index contributed by atoms with van der Waals surface area (Å²) in [6.07, 6.45) is -1.76. The van der Waals surface area contributed by atoms with Gasteiger partial charge in [0.05, 0.1) is 30.7 Å². The Balaban J connectivity index is 1.21. The number of ether oxygens (including phenoxy) is 5. The van der Waals surface area contributed by atoms with Gasteiger partial charge in [-0.2, -0.15) is 0 Å². The average Bonchev–Trinajstić information content (AvgIpc) is 3.21. The van der Waals surface area contributed by atoms with Crippen LogP contribution in [0.2, 0.25) is 0 Å². The minimum absolute atomic E-state index is 0.0517. The van der Waals surface area contributed by atoms with Crippen LogP contribution in [0.1, 0.15) is 53.9 Å². The maximum atomic E-state index is 12.4. The molecule has 0 saturated heterocycles. The first-order chi connectivity index (χ1) is 27.5. The number of aliphatic hydroxyl groups is 2. The summed E-state index contributed by atoms with van der Waals surface area (Å²) >= 11 is 0. The molecule has 4 N–H and O–H groups in total. The van der Waals surface area contributed by atoms with E-state index in [0.717, 1.165) is 22.4 Å². The highest BCUT2D eigenvalue weighted by molar-refractivity contribution is 5.96. The van der Waals surface area contributed by atoms with Crippen LogP contribution in [0.3, 0.4) is 0 Å². The van der Waals surface area contributed by atoms with Crippen LogP contribution >= 0.6 is 0 Å². The highest BCUT2D eigenvalue weighted by atomic mass is 16.5. The van der Waals surface area contributed by atoms with Crippen molar-refractivity contribution >= 4 is 23.2 Å². The van der Waals surface area contributed by atoms with Gasteiger partial charge in [0, 0.05) is 41.9 Å². The second-order valence-electron chi connectivity index (χ2n) is 14.8. The Morgan fingerprint density at radius 3 is 1.54 bits per heavy atom. The number of methoxy groups -OCH3 is 1. The number of anilines is 2. The van der Waals surface area contributed by atoms with E-state index in [-0.39, 0.29) is 51.3 Å². The Kier molecular flexibility index (Phi) is 11.9. The van der Waals surface area contributed by atoms with Gasteiger partial charge in [-0.1, -0.05) is 72.8 Å². The first kappa shape index (κ1) is 39.2. The number of carbonyl (C=O) groups excluding carboxylic acids is 2. The van der Waals surface area contributed by atoms with Crippen LogP contribution in [0.5, 0.6) is 28.7 Å². The number of hydrogen-bond acceptors (Lipinski definition) is 10. The molecule has 2 atom stereocenters. The maximum absolute atomic E-state index is 12.4. The minimum atomic E-state index is -1.15. The lowest BCUT2D eigenvalue weighted by atomic mass is 9.90. The molecule has 12 heteroatoms. The molecule has 0 bridgehead atoms. The number of benzene rings is 5. The van der Waals surface area contributed by atoms with Crippen molar-refractivity contribution in [1.82, 2.24) is 4.90 Å². The highest BCUT2D eigenvalue weighted by Gasteiger charge is 2.35. The Labute approximate surface area is 331 Å². The summed E-state index contributed by atoms with van der Waals surface area (Å²) in [5, 5.41) is 30.0. The highest BCUT2D eigenvalue weighted by Crippen LogP contribution is 2.43. The van der Waals surface area contributed by atoms with Crippen molar-refractivity contribution in [2.45, 2.75) is 51.2 Å². The van der Waals surface area contributed by atoms with Gasteiger partial charge in [-0.3, -0.25) is 14.5 Å². The van der Waals surface area contributed by atoms with Gasteiger partial charge in [0.25, 0.3) is 11.8 Å². The molecule has 0 aromatic heterocycles. The predicted molar refractivity (Wildman–Crippen MR) is 215 cm³/mol. The number of nitrogens with zero attached hydrogens (tertiary/aromatic N) is 1. The van der Waals surface area contributed by atoms with Crippen LogP contribution in [0.15, 0.2) is 109 Å². The first-order valence-corrected chi connectivity index (χ1v) is 18.8. The number of aliphatic hydroxyl groups excluding tert-OH is 2. The Morgan fingerprint density at radius 1 is 0.649 bits per heavy atom. The second kappa shape index (κ2) is 17.4. The van der Waals surface area contributed by atoms with Crippen molar-refractivity contribution in [1.29, 1.82) is 0 Å². The normalized spacial score (nSPS) is 14.6. The summed E-state index contributed by atoms with van der Waals surface area (Å²) in [6, 6.07) is 34.0. The van der Waals surface area contributed by atoms with E-state index >= 15 is 0 Å². The van der Waals surface area contributed by atoms with Gasteiger partial charge in [-0.15, -0.1) is 0 Å². The summed E-state index contributed by atoms with van der Waals surface area (Å²) in [7, 11) is 1.62. The largest absolute Gasteiger partial charge is 0.497 e. The van der Waals surface area contributed by atoms with Gasteiger partial charge in [-0.05, 0) is 61.2 Å². The molecular formula is C45H47N3O9. The molecule has 2 heterocycles. The van der Waals surface area contributed by atoms with Gasteiger partial charge in [0.15, 0.2) is 13.2 Å². The number of hydrogen-bond donors (Lipinski definition) is 4. The molecule has 0 unspecified atom stereocenters. The molecule has 0 spiro atoms. The van der Waals surface area contributed by atoms with Gasteiger partial charge in [0.2, 0.25) is 0 Å². The van der Waals surface area contributed by atoms with E-state index in [1.165, 1.54) is 0 Å². The molecule has 5 aromatic rings. The van der Waals surface area contributed by atoms with E-state index in [0.29, 0.717) is 51.9 Å². The van der Waals surface area contributed by atoms with Crippen LogP contribution in [-0.2, 0) is 29.2 Å². The minimum Gasteiger partial charge on any atom is -0.497 e. The Bertz CT molecular complexity index is 2050. The topological polar surface area (TPSA) is 148 Å². The van der Waals surface area contributed by atoms with E-state index in [4.69, 9.17) is 23.7 Å². The van der Waals surface area contributed by atoms with Crippen molar-refractivity contribution < 1.29 is 43.5 Å². The number of β-amino-alcohol motifs (C(OH)–C–C–N with tert-alkyl or cyclic N) is 2. The lowest BCUT2D eigenvalue weighted by Gasteiger charge is -2.41. The van der Waals surface area contributed by atoms with Crippen LogP contribution in [0.4, 0.5) is 11.4 Å². The fourth-order valence-corrected chi connectivity index (χ4v) is 7.08. The number of nitrogens with one attached hydrogen (secondary N) is 2. The van der Waals surface area contributed by atoms with E-state index in [2.05, 4.69) is 10.6 Å². The lowest BCUT2D eigenvalue weighted by molar-refractivity contribution is -0.119. The number of carbonyl (C=O) groups is 2. The van der Waals surface area contributed by atoms with Gasteiger partial charge < -0.3 is 44.5 Å². The lowest BCUT2D eigenvalue weighted by Crippen LogP contribution is -2.49. The van der Waals surface area contributed by atoms with Crippen LogP contribution in [0.25, 0.3) is 0 Å². The Hall–Kier alpha value is -6.08. The quantitative estimate of drug-likeness (QED) is 0.0865. The molecule has 2 amide bonds. The Morgan fingerprint density at radius 2 is 1.11 bits per heavy atom. The zero-order valence-electron chi connectivity index (χ0n) is 32.2. The third kappa shape index (κ3) is 9.66. The molecule has 57 heavy (non-hydrogen) atoms. The summed E-state index contributed by atoms with van der Waals surface area (Å²) < 4.78 is 29.5. The van der Waals surface area contributed by atoms with Crippen molar-refractivity contribution in [3.05, 3.63) is 137 Å². The first-order valence-electron chi connectivity index (χ1n) is 18.8. The van der Waals surface area contributed by atoms with E-state index in [1.54, 1.807) is 31.4 Å². The molecule has 2 aliphatic rings. The van der Waals surface area contributed by atoms with Crippen LogP contribution < -0.4 is 34.3 Å². The molecule has 0 radical (unpaired) electrons. The zero-order valence-corrected chi connectivity index (χ0v) is 32.2. The molecule has 0 saturated carbocycles. The maximum Gasteiger partial charge on any atom is 0.262 e. The van der Waals surface area contributed by atoms with Crippen molar-refractivity contribution in [2.75, 3.05) is 44.0 Å². The van der Waals surface area contributed by atoms with Gasteiger partial charge >= 0.3 is 0 Å². The van der Waals surface area contributed by atoms with Crippen LogP contribution in [0, 0.1) is 0 Å². The summed E-state index contributed by atoms with van der Waals surface area (Å²) in [5.74, 6) is 1.69. The van der Waals surface area contributed by atoms with E-state index in [9.17, 15) is 19.8 Å².